The van der Waals surface area contributed by atoms with Gasteiger partial charge in [0, 0.05) is 5.69 Å². The van der Waals surface area contributed by atoms with Crippen molar-refractivity contribution in [1.82, 2.24) is 5.32 Å². The van der Waals surface area contributed by atoms with Crippen LogP contribution in [0.2, 0.25) is 0 Å². The zero-order valence-corrected chi connectivity index (χ0v) is 18.6. The van der Waals surface area contributed by atoms with E-state index >= 15 is 0 Å². The summed E-state index contributed by atoms with van der Waals surface area (Å²) >= 11 is 0. The quantitative estimate of drug-likeness (QED) is 0.511. The molecule has 0 fully saturated rings. The molecular weight excluding hydrogens is 404 g/mol. The van der Waals surface area contributed by atoms with Gasteiger partial charge in [-0.15, -0.1) is 0 Å². The number of amides is 2. The Morgan fingerprint density at radius 1 is 0.938 bits per heavy atom. The van der Waals surface area contributed by atoms with E-state index in [-0.39, 0.29) is 24.5 Å². The smallest absolute Gasteiger partial charge is 0.259 e. The van der Waals surface area contributed by atoms with Crippen LogP contribution in [0.3, 0.4) is 0 Å². The number of rotatable bonds is 9. The molecule has 32 heavy (non-hydrogen) atoms. The third kappa shape index (κ3) is 6.11. The van der Waals surface area contributed by atoms with Gasteiger partial charge in [0.25, 0.3) is 11.8 Å². The van der Waals surface area contributed by atoms with Crippen molar-refractivity contribution in [3.05, 3.63) is 89.5 Å². The molecular formula is C26H28N2O4. The summed E-state index contributed by atoms with van der Waals surface area (Å²) in [5.74, 6) is 0.573. The summed E-state index contributed by atoms with van der Waals surface area (Å²) in [5.41, 5.74) is 3.37. The first-order valence-electron chi connectivity index (χ1n) is 10.6. The van der Waals surface area contributed by atoms with Crippen molar-refractivity contribution in [3.63, 3.8) is 0 Å². The van der Waals surface area contributed by atoms with Crippen molar-refractivity contribution in [2.24, 2.45) is 0 Å². The van der Waals surface area contributed by atoms with Gasteiger partial charge < -0.3 is 20.1 Å². The van der Waals surface area contributed by atoms with Crippen LogP contribution in [0, 0.1) is 0 Å². The molecule has 0 saturated heterocycles. The van der Waals surface area contributed by atoms with Crippen LogP contribution < -0.4 is 20.1 Å². The highest BCUT2D eigenvalue weighted by Crippen LogP contribution is 2.21. The Morgan fingerprint density at radius 2 is 1.62 bits per heavy atom. The minimum absolute atomic E-state index is 0.0930. The van der Waals surface area contributed by atoms with Crippen molar-refractivity contribution in [3.8, 4) is 11.5 Å². The number of hydrogen-bond acceptors (Lipinski definition) is 4. The van der Waals surface area contributed by atoms with Gasteiger partial charge in [0.05, 0.1) is 18.7 Å². The first-order chi connectivity index (χ1) is 15.5. The van der Waals surface area contributed by atoms with Crippen LogP contribution >= 0.6 is 0 Å². The maximum atomic E-state index is 12.5. The minimum Gasteiger partial charge on any atom is -0.496 e. The van der Waals surface area contributed by atoms with Gasteiger partial charge in [-0.3, -0.25) is 9.59 Å². The average Bonchev–Trinajstić information content (AvgIpc) is 2.83. The van der Waals surface area contributed by atoms with Crippen molar-refractivity contribution in [2.45, 2.75) is 26.3 Å². The molecule has 2 N–H and O–H groups in total. The van der Waals surface area contributed by atoms with Gasteiger partial charge in [0.1, 0.15) is 11.5 Å². The Labute approximate surface area is 188 Å². The lowest BCUT2D eigenvalue weighted by molar-refractivity contribution is -0.123. The van der Waals surface area contributed by atoms with E-state index in [9.17, 15) is 9.59 Å². The van der Waals surface area contributed by atoms with Crippen LogP contribution in [0.5, 0.6) is 11.5 Å². The molecule has 0 saturated carbocycles. The van der Waals surface area contributed by atoms with Crippen LogP contribution in [0.15, 0.2) is 72.8 Å². The lowest BCUT2D eigenvalue weighted by atomic mass is 10.1. The number of aryl methyl sites for hydroxylation is 1. The third-order valence-electron chi connectivity index (χ3n) is 5.10. The number of benzene rings is 3. The molecule has 0 aliphatic rings. The zero-order valence-electron chi connectivity index (χ0n) is 18.6. The fourth-order valence-corrected chi connectivity index (χ4v) is 3.22. The molecule has 1 atom stereocenters. The van der Waals surface area contributed by atoms with E-state index < -0.39 is 0 Å². The van der Waals surface area contributed by atoms with Gasteiger partial charge in [0.2, 0.25) is 0 Å². The number of anilines is 1. The van der Waals surface area contributed by atoms with Crippen LogP contribution in [0.4, 0.5) is 5.69 Å². The zero-order chi connectivity index (χ0) is 22.9. The molecule has 0 radical (unpaired) electrons. The van der Waals surface area contributed by atoms with Gasteiger partial charge in [-0.05, 0) is 60.9 Å². The first-order valence-corrected chi connectivity index (χ1v) is 10.6. The number of hydrogen-bond donors (Lipinski definition) is 2. The Hall–Kier alpha value is -3.80. The standard InChI is InChI=1S/C26H28N2O4/c1-4-19-9-11-20(12-10-19)18(2)27-25(29)17-32-22-15-13-21(14-16-22)28-26(30)23-7-5-6-8-24(23)31-3/h5-16,18H,4,17H2,1-3H3,(H,27,29)(H,28,30)/t18-/m0/s1. The summed E-state index contributed by atoms with van der Waals surface area (Å²) in [5, 5.41) is 5.76. The van der Waals surface area contributed by atoms with Crippen LogP contribution in [0.1, 0.15) is 41.4 Å². The second-order valence-corrected chi connectivity index (χ2v) is 7.35. The molecule has 6 nitrogen and oxygen atoms in total. The molecule has 0 heterocycles. The summed E-state index contributed by atoms with van der Waals surface area (Å²) in [6, 6.07) is 22.0. The number of methoxy groups -OCH3 is 1. The highest BCUT2D eigenvalue weighted by Gasteiger charge is 2.12. The summed E-state index contributed by atoms with van der Waals surface area (Å²) in [7, 11) is 1.52. The molecule has 0 aliphatic heterocycles. The van der Waals surface area contributed by atoms with Gasteiger partial charge >= 0.3 is 0 Å². The van der Waals surface area contributed by atoms with Crippen molar-refractivity contribution < 1.29 is 19.1 Å². The molecule has 0 unspecified atom stereocenters. The van der Waals surface area contributed by atoms with E-state index in [1.807, 2.05) is 19.1 Å². The molecule has 3 rings (SSSR count). The van der Waals surface area contributed by atoms with Gasteiger partial charge in [-0.2, -0.15) is 0 Å². The normalized spacial score (nSPS) is 11.3. The second kappa shape index (κ2) is 11.0. The molecule has 3 aromatic carbocycles. The summed E-state index contributed by atoms with van der Waals surface area (Å²) < 4.78 is 10.8. The lowest BCUT2D eigenvalue weighted by Gasteiger charge is -2.15. The largest absolute Gasteiger partial charge is 0.496 e. The van der Waals surface area contributed by atoms with Crippen molar-refractivity contribution in [2.75, 3.05) is 19.0 Å². The highest BCUT2D eigenvalue weighted by molar-refractivity contribution is 6.06. The monoisotopic (exact) mass is 432 g/mol. The predicted molar refractivity (Wildman–Crippen MR) is 125 cm³/mol. The van der Waals surface area contributed by atoms with Gasteiger partial charge in [-0.1, -0.05) is 43.3 Å². The first kappa shape index (κ1) is 22.9. The number of nitrogens with one attached hydrogen (secondary N) is 2. The average molecular weight is 433 g/mol. The van der Waals surface area contributed by atoms with E-state index in [0.29, 0.717) is 22.7 Å². The number of carbonyl (C=O) groups is 2. The molecule has 166 valence electrons. The van der Waals surface area contributed by atoms with E-state index in [2.05, 4.69) is 29.7 Å². The van der Waals surface area contributed by atoms with E-state index in [4.69, 9.17) is 9.47 Å². The lowest BCUT2D eigenvalue weighted by Crippen LogP contribution is -2.31. The Morgan fingerprint density at radius 3 is 2.28 bits per heavy atom. The van der Waals surface area contributed by atoms with E-state index in [0.717, 1.165) is 12.0 Å². The van der Waals surface area contributed by atoms with E-state index in [1.165, 1.54) is 12.7 Å². The molecule has 0 spiro atoms. The summed E-state index contributed by atoms with van der Waals surface area (Å²) in [6.07, 6.45) is 0.984. The second-order valence-electron chi connectivity index (χ2n) is 7.35. The third-order valence-corrected chi connectivity index (χ3v) is 5.10. The van der Waals surface area contributed by atoms with Gasteiger partial charge in [0.15, 0.2) is 6.61 Å². The van der Waals surface area contributed by atoms with Crippen molar-refractivity contribution >= 4 is 17.5 Å². The van der Waals surface area contributed by atoms with E-state index in [1.54, 1.807) is 48.5 Å². The molecule has 3 aromatic rings. The number of ether oxygens (including phenoxy) is 2. The summed E-state index contributed by atoms with van der Waals surface area (Å²) in [6.45, 7) is 3.96. The molecule has 6 heteroatoms. The Bertz CT molecular complexity index is 1050. The molecule has 0 aromatic heterocycles. The molecule has 0 aliphatic carbocycles. The summed E-state index contributed by atoms with van der Waals surface area (Å²) in [4.78, 5) is 24.7. The number of para-hydroxylation sites is 1. The molecule has 0 bridgehead atoms. The topological polar surface area (TPSA) is 76.7 Å². The number of carbonyl (C=O) groups excluding carboxylic acids is 2. The predicted octanol–water partition coefficient (Wildman–Crippen LogP) is 4.77. The Balaban J connectivity index is 1.49. The SMILES string of the molecule is CCc1ccc([C@H](C)NC(=O)COc2ccc(NC(=O)c3ccccc3OC)cc2)cc1. The minimum atomic E-state index is -0.267. The van der Waals surface area contributed by atoms with Crippen molar-refractivity contribution in [1.29, 1.82) is 0 Å². The maximum Gasteiger partial charge on any atom is 0.259 e. The fraction of sp³-hybridized carbons (Fsp3) is 0.231. The maximum absolute atomic E-state index is 12.5. The Kier molecular flexibility index (Phi) is 7.86. The highest BCUT2D eigenvalue weighted by atomic mass is 16.5. The fourth-order valence-electron chi connectivity index (χ4n) is 3.22. The van der Waals surface area contributed by atoms with Gasteiger partial charge in [-0.25, -0.2) is 0 Å². The van der Waals surface area contributed by atoms with Crippen LogP contribution in [-0.2, 0) is 11.2 Å². The van der Waals surface area contributed by atoms with Crippen LogP contribution in [0.25, 0.3) is 0 Å². The van der Waals surface area contributed by atoms with Crippen LogP contribution in [-0.4, -0.2) is 25.5 Å². The molecule has 2 amide bonds.